The van der Waals surface area contributed by atoms with Crippen LogP contribution in [0.25, 0.3) is 20.7 Å². The second-order valence-electron chi connectivity index (χ2n) is 6.36. The van der Waals surface area contributed by atoms with Crippen molar-refractivity contribution in [1.82, 2.24) is 14.9 Å². The van der Waals surface area contributed by atoms with Crippen LogP contribution in [-0.4, -0.2) is 47.6 Å². The molecule has 4 rings (SSSR count). The Kier molecular flexibility index (Phi) is 4.63. The van der Waals surface area contributed by atoms with Gasteiger partial charge in [0.2, 0.25) is 0 Å². The Morgan fingerprint density at radius 3 is 2.56 bits per heavy atom. The Hall–Kier alpha value is -2.05. The summed E-state index contributed by atoms with van der Waals surface area (Å²) in [4.78, 5) is 15.0. The van der Waals surface area contributed by atoms with Crippen LogP contribution in [0.4, 0.5) is 10.2 Å². The topological polar surface area (TPSA) is 32.3 Å². The van der Waals surface area contributed by atoms with Gasteiger partial charge in [-0.3, -0.25) is 4.90 Å². The fourth-order valence-corrected chi connectivity index (χ4v) is 4.46. The lowest BCUT2D eigenvalue weighted by molar-refractivity contribution is 0.258. The summed E-state index contributed by atoms with van der Waals surface area (Å²) in [6.45, 7) is 7.54. The van der Waals surface area contributed by atoms with E-state index >= 15 is 0 Å². The molecule has 1 aromatic carbocycles. The zero-order valence-corrected chi connectivity index (χ0v) is 15.1. The summed E-state index contributed by atoms with van der Waals surface area (Å²) < 4.78 is 14.3. The van der Waals surface area contributed by atoms with E-state index in [0.717, 1.165) is 52.7 Å². The summed E-state index contributed by atoms with van der Waals surface area (Å²) in [6.07, 6.45) is 2.85. The van der Waals surface area contributed by atoms with Crippen molar-refractivity contribution in [3.63, 3.8) is 0 Å². The van der Waals surface area contributed by atoms with Gasteiger partial charge in [-0.2, -0.15) is 0 Å². The quantitative estimate of drug-likeness (QED) is 0.706. The Labute approximate surface area is 150 Å². The Balaban J connectivity index is 1.63. The molecule has 0 amide bonds. The van der Waals surface area contributed by atoms with Crippen molar-refractivity contribution < 1.29 is 4.39 Å². The van der Waals surface area contributed by atoms with Gasteiger partial charge in [0.15, 0.2) is 0 Å². The van der Waals surface area contributed by atoms with Gasteiger partial charge in [-0.15, -0.1) is 11.3 Å². The first-order chi connectivity index (χ1) is 12.2. The molecule has 6 heteroatoms. The van der Waals surface area contributed by atoms with Crippen LogP contribution in [0, 0.1) is 5.82 Å². The van der Waals surface area contributed by atoms with E-state index in [1.54, 1.807) is 17.7 Å². The highest BCUT2D eigenvalue weighted by Crippen LogP contribution is 2.37. The van der Waals surface area contributed by atoms with Gasteiger partial charge in [-0.25, -0.2) is 14.4 Å². The molecular weight excluding hydrogens is 335 g/mol. The monoisotopic (exact) mass is 356 g/mol. The minimum atomic E-state index is -0.213. The molecule has 0 atom stereocenters. The molecule has 25 heavy (non-hydrogen) atoms. The van der Waals surface area contributed by atoms with Gasteiger partial charge < -0.3 is 4.90 Å². The largest absolute Gasteiger partial charge is 0.353 e. The van der Waals surface area contributed by atoms with E-state index in [1.165, 1.54) is 25.1 Å². The van der Waals surface area contributed by atoms with E-state index in [1.807, 2.05) is 12.1 Å². The summed E-state index contributed by atoms with van der Waals surface area (Å²) >= 11 is 1.68. The van der Waals surface area contributed by atoms with Crippen molar-refractivity contribution >= 4 is 27.4 Å². The van der Waals surface area contributed by atoms with Crippen LogP contribution < -0.4 is 4.90 Å². The van der Waals surface area contributed by atoms with E-state index < -0.39 is 0 Å². The van der Waals surface area contributed by atoms with Crippen molar-refractivity contribution in [3.05, 3.63) is 42.5 Å². The third-order valence-electron chi connectivity index (χ3n) is 4.63. The summed E-state index contributed by atoms with van der Waals surface area (Å²) in [5, 5.41) is 0. The standard InChI is InChI=1S/C19H21FN4S/c1-2-7-23-8-10-24(11-9-23)19-18-16(21-13-22-19)12-17(25-18)14-3-5-15(20)6-4-14/h3-6,12-13H,2,7-11H2,1H3. The maximum atomic E-state index is 13.2. The van der Waals surface area contributed by atoms with Crippen LogP contribution in [0.5, 0.6) is 0 Å². The van der Waals surface area contributed by atoms with Gasteiger partial charge in [0.25, 0.3) is 0 Å². The number of hydrogen-bond acceptors (Lipinski definition) is 5. The fraction of sp³-hybridized carbons (Fsp3) is 0.368. The lowest BCUT2D eigenvalue weighted by atomic mass is 10.2. The molecular formula is C19H21FN4S. The molecule has 130 valence electrons. The van der Waals surface area contributed by atoms with Crippen molar-refractivity contribution in [2.24, 2.45) is 0 Å². The van der Waals surface area contributed by atoms with Crippen LogP contribution in [0.3, 0.4) is 0 Å². The number of aromatic nitrogens is 2. The normalized spacial score (nSPS) is 15.8. The van der Waals surface area contributed by atoms with Crippen LogP contribution in [0.2, 0.25) is 0 Å². The fourth-order valence-electron chi connectivity index (χ4n) is 3.32. The van der Waals surface area contributed by atoms with Gasteiger partial charge in [0.05, 0.1) is 10.2 Å². The second-order valence-corrected chi connectivity index (χ2v) is 7.41. The van der Waals surface area contributed by atoms with Crippen LogP contribution in [0.1, 0.15) is 13.3 Å². The molecule has 0 unspecified atom stereocenters. The van der Waals surface area contributed by atoms with E-state index in [0.29, 0.717) is 0 Å². The molecule has 0 spiro atoms. The number of halogens is 1. The minimum absolute atomic E-state index is 0.213. The highest BCUT2D eigenvalue weighted by Gasteiger charge is 2.20. The maximum Gasteiger partial charge on any atom is 0.150 e. The number of benzene rings is 1. The van der Waals surface area contributed by atoms with Crippen molar-refractivity contribution in [2.75, 3.05) is 37.6 Å². The Bertz CT molecular complexity index is 853. The predicted octanol–water partition coefficient (Wildman–Crippen LogP) is 4.03. The molecule has 1 aliphatic heterocycles. The maximum absolute atomic E-state index is 13.2. The number of anilines is 1. The first kappa shape index (κ1) is 16.4. The van der Waals surface area contributed by atoms with Gasteiger partial charge in [0.1, 0.15) is 18.0 Å². The number of rotatable bonds is 4. The average molecular weight is 356 g/mol. The first-order valence-electron chi connectivity index (χ1n) is 8.72. The first-order valence-corrected chi connectivity index (χ1v) is 9.54. The molecule has 3 heterocycles. The third-order valence-corrected chi connectivity index (χ3v) is 5.80. The Morgan fingerprint density at radius 1 is 1.08 bits per heavy atom. The van der Waals surface area contributed by atoms with E-state index in [9.17, 15) is 4.39 Å². The van der Waals surface area contributed by atoms with Crippen LogP contribution in [0.15, 0.2) is 36.7 Å². The molecule has 0 aliphatic carbocycles. The lowest BCUT2D eigenvalue weighted by Crippen LogP contribution is -2.46. The van der Waals surface area contributed by atoms with E-state index in [2.05, 4.69) is 32.8 Å². The van der Waals surface area contributed by atoms with Gasteiger partial charge in [-0.1, -0.05) is 19.1 Å². The molecule has 0 radical (unpaired) electrons. The summed E-state index contributed by atoms with van der Waals surface area (Å²) in [6, 6.07) is 8.71. The van der Waals surface area contributed by atoms with Crippen molar-refractivity contribution in [1.29, 1.82) is 0 Å². The molecule has 0 N–H and O–H groups in total. The van der Waals surface area contributed by atoms with E-state index in [4.69, 9.17) is 0 Å². The van der Waals surface area contributed by atoms with E-state index in [-0.39, 0.29) is 5.82 Å². The minimum Gasteiger partial charge on any atom is -0.353 e. The van der Waals surface area contributed by atoms with Gasteiger partial charge in [0, 0.05) is 31.1 Å². The summed E-state index contributed by atoms with van der Waals surface area (Å²) in [5.74, 6) is 0.815. The number of hydrogen-bond donors (Lipinski definition) is 0. The highest BCUT2D eigenvalue weighted by molar-refractivity contribution is 7.22. The van der Waals surface area contributed by atoms with Gasteiger partial charge in [-0.05, 0) is 36.7 Å². The summed E-state index contributed by atoms with van der Waals surface area (Å²) in [5.41, 5.74) is 1.98. The molecule has 0 saturated carbocycles. The zero-order valence-electron chi connectivity index (χ0n) is 14.3. The molecule has 1 saturated heterocycles. The van der Waals surface area contributed by atoms with Gasteiger partial charge >= 0.3 is 0 Å². The smallest absolute Gasteiger partial charge is 0.150 e. The number of thiophene rings is 1. The Morgan fingerprint density at radius 2 is 1.84 bits per heavy atom. The predicted molar refractivity (Wildman–Crippen MR) is 102 cm³/mol. The molecule has 2 aromatic heterocycles. The number of fused-ring (bicyclic) bond motifs is 1. The lowest BCUT2D eigenvalue weighted by Gasteiger charge is -2.35. The zero-order chi connectivity index (χ0) is 17.2. The van der Waals surface area contributed by atoms with Crippen LogP contribution in [-0.2, 0) is 0 Å². The van der Waals surface area contributed by atoms with Crippen LogP contribution >= 0.6 is 11.3 Å². The molecule has 0 bridgehead atoms. The molecule has 1 aliphatic rings. The SMILES string of the molecule is CCCN1CCN(c2ncnc3cc(-c4ccc(F)cc4)sc23)CC1. The number of piperazine rings is 1. The number of nitrogens with zero attached hydrogens (tertiary/aromatic N) is 4. The molecule has 1 fully saturated rings. The van der Waals surface area contributed by atoms with Crippen molar-refractivity contribution in [2.45, 2.75) is 13.3 Å². The second kappa shape index (κ2) is 7.06. The van der Waals surface area contributed by atoms with Crippen molar-refractivity contribution in [3.8, 4) is 10.4 Å². The third kappa shape index (κ3) is 3.37. The average Bonchev–Trinajstić information content (AvgIpc) is 3.07. The highest BCUT2D eigenvalue weighted by atomic mass is 32.1. The molecule has 3 aromatic rings. The molecule has 4 nitrogen and oxygen atoms in total. The summed E-state index contributed by atoms with van der Waals surface area (Å²) in [7, 11) is 0.